The van der Waals surface area contributed by atoms with Crippen LogP contribution in [0, 0.1) is 18.2 Å². The van der Waals surface area contributed by atoms with E-state index in [9.17, 15) is 34.5 Å². The number of phenols is 2. The van der Waals surface area contributed by atoms with Crippen molar-refractivity contribution in [1.29, 1.82) is 0 Å². The number of hydrazine groups is 1. The fourth-order valence-corrected chi connectivity index (χ4v) is 10.9. The van der Waals surface area contributed by atoms with Crippen molar-refractivity contribution >= 4 is 34.7 Å². The lowest BCUT2D eigenvalue weighted by atomic mass is 9.61. The second-order valence-electron chi connectivity index (χ2n) is 17.8. The lowest BCUT2D eigenvalue weighted by Crippen LogP contribution is -2.63. The van der Waals surface area contributed by atoms with Crippen LogP contribution in [0.5, 0.6) is 11.5 Å². The van der Waals surface area contributed by atoms with Gasteiger partial charge in [0.05, 0.1) is 35.1 Å². The number of likely N-dealkylation sites (tertiary alicyclic amines) is 1. The number of aromatic hydroxyl groups is 2. The third-order valence-electron chi connectivity index (χ3n) is 14.0. The van der Waals surface area contributed by atoms with E-state index in [2.05, 4.69) is 21.1 Å². The Morgan fingerprint density at radius 3 is 2.57 bits per heavy atom. The lowest BCUT2D eigenvalue weighted by Gasteiger charge is -2.58. The van der Waals surface area contributed by atoms with Crippen LogP contribution in [0.1, 0.15) is 94.6 Å². The Balaban J connectivity index is 0.745. The minimum Gasteiger partial charge on any atom is -0.508 e. The molecule has 6 aliphatic rings. The number of alkyl carbamates (subject to hydrolysis) is 1. The van der Waals surface area contributed by atoms with Crippen molar-refractivity contribution in [3.8, 4) is 22.9 Å². The highest BCUT2D eigenvalue weighted by atomic mass is 19.1. The van der Waals surface area contributed by atoms with Gasteiger partial charge in [-0.05, 0) is 91.1 Å². The van der Waals surface area contributed by atoms with Crippen molar-refractivity contribution < 1.29 is 43.6 Å². The molecule has 17 heteroatoms. The molecule has 1 saturated carbocycles. The summed E-state index contributed by atoms with van der Waals surface area (Å²) < 4.78 is 27.9. The van der Waals surface area contributed by atoms with Crippen molar-refractivity contribution in [1.82, 2.24) is 30.6 Å². The number of nitrogens with one attached hydrogen (secondary N) is 3. The number of carbonyl (C=O) groups is 3. The number of anilines is 1. The number of pyridine rings is 2. The van der Waals surface area contributed by atoms with Crippen LogP contribution in [0.3, 0.4) is 0 Å². The Morgan fingerprint density at radius 2 is 1.81 bits per heavy atom. The van der Waals surface area contributed by atoms with E-state index in [-0.39, 0.29) is 53.3 Å². The molecule has 3 atom stereocenters. The first-order valence-electron chi connectivity index (χ1n) is 21.2. The number of nitrogens with zero attached hydrogens (tertiary/aromatic N) is 4. The van der Waals surface area contributed by atoms with Gasteiger partial charge in [0.25, 0.3) is 5.56 Å². The Bertz CT molecular complexity index is 2890. The van der Waals surface area contributed by atoms with Gasteiger partial charge >= 0.3 is 18.1 Å². The topological polar surface area (TPSA) is 208 Å². The molecule has 2 aromatic heterocycles. The van der Waals surface area contributed by atoms with E-state index < -0.39 is 41.8 Å². The maximum Gasteiger partial charge on any atom is 0.407 e. The second-order valence-corrected chi connectivity index (χ2v) is 17.8. The zero-order chi connectivity index (χ0) is 43.6. The molecule has 0 radical (unpaired) electrons. The molecule has 6 N–H and O–H groups in total. The van der Waals surface area contributed by atoms with E-state index in [0.717, 1.165) is 53.6 Å². The summed E-state index contributed by atoms with van der Waals surface area (Å²) >= 11 is 0. The molecule has 2 aliphatic carbocycles. The van der Waals surface area contributed by atoms with E-state index in [1.807, 2.05) is 31.2 Å². The number of ether oxygens (including phenoxy) is 2. The van der Waals surface area contributed by atoms with Gasteiger partial charge in [0, 0.05) is 64.9 Å². The number of hydrogen-bond donors (Lipinski definition) is 6. The van der Waals surface area contributed by atoms with Crippen molar-refractivity contribution in [2.24, 2.45) is 5.41 Å². The van der Waals surface area contributed by atoms with Gasteiger partial charge in [-0.2, -0.15) is 0 Å². The molecular formula is C46H44FN7O9. The van der Waals surface area contributed by atoms with Gasteiger partial charge in [-0.3, -0.25) is 20.0 Å². The minimum atomic E-state index is -1.61. The summed E-state index contributed by atoms with van der Waals surface area (Å²) in [5.41, 5.74) is 12.5. The summed E-state index contributed by atoms with van der Waals surface area (Å²) in [4.78, 5) is 61.1. The van der Waals surface area contributed by atoms with Crippen LogP contribution in [0.4, 0.5) is 19.7 Å². The molecular weight excluding hydrogens is 814 g/mol. The minimum absolute atomic E-state index is 0.000824. The number of aliphatic hydroxyl groups is 1. The van der Waals surface area contributed by atoms with Gasteiger partial charge in [0.2, 0.25) is 0 Å². The van der Waals surface area contributed by atoms with Gasteiger partial charge in [-0.15, -0.1) is 0 Å². The number of aliphatic hydroxyl groups excluding tert-OH is 1. The number of aromatic nitrogens is 2. The van der Waals surface area contributed by atoms with Gasteiger partial charge in [-0.25, -0.2) is 29.2 Å². The summed E-state index contributed by atoms with van der Waals surface area (Å²) in [5.74, 6) is -1.35. The van der Waals surface area contributed by atoms with Crippen LogP contribution >= 0.6 is 0 Å². The van der Waals surface area contributed by atoms with E-state index in [4.69, 9.17) is 14.5 Å². The summed E-state index contributed by atoms with van der Waals surface area (Å²) in [6, 6.07) is 12.8. The van der Waals surface area contributed by atoms with Crippen LogP contribution in [-0.4, -0.2) is 67.1 Å². The lowest BCUT2D eigenvalue weighted by molar-refractivity contribution is -0.157. The third kappa shape index (κ3) is 6.15. The normalized spacial score (nSPS) is 21.9. The van der Waals surface area contributed by atoms with Crippen LogP contribution in [-0.2, 0) is 46.8 Å². The molecule has 0 bridgehead atoms. The molecule has 16 nitrogen and oxygen atoms in total. The molecule has 3 aromatic carbocycles. The number of hydrogen-bond acceptors (Lipinski definition) is 12. The molecule has 3 amide bonds. The molecule has 5 aromatic rings. The maximum atomic E-state index is 15.3. The number of fused-ring (bicyclic) bond motifs is 5. The largest absolute Gasteiger partial charge is 0.508 e. The number of amides is 3. The van der Waals surface area contributed by atoms with Gasteiger partial charge in [-0.1, -0.05) is 19.1 Å². The van der Waals surface area contributed by atoms with Gasteiger partial charge < -0.3 is 34.7 Å². The number of benzene rings is 3. The van der Waals surface area contributed by atoms with Crippen molar-refractivity contribution in [2.75, 3.05) is 18.0 Å². The van der Waals surface area contributed by atoms with Gasteiger partial charge in [0.15, 0.2) is 6.10 Å². The zero-order valence-electron chi connectivity index (χ0n) is 34.5. The first-order valence-corrected chi connectivity index (χ1v) is 21.2. The number of carbonyl (C=O) groups excluding carboxylic acids is 3. The molecule has 2 saturated heterocycles. The molecule has 63 heavy (non-hydrogen) atoms. The number of cyclic esters (lactones) is 1. The Kier molecular flexibility index (Phi) is 8.88. The number of esters is 1. The second kappa shape index (κ2) is 14.2. The highest BCUT2D eigenvalue weighted by Crippen LogP contribution is 2.51. The van der Waals surface area contributed by atoms with Crippen LogP contribution in [0.15, 0.2) is 53.3 Å². The fraction of sp³-hybridized carbons (Fsp3) is 0.370. The number of aryl methyl sites for hydroxylation is 2. The smallest absolute Gasteiger partial charge is 0.407 e. The van der Waals surface area contributed by atoms with E-state index in [1.54, 1.807) is 19.1 Å². The summed E-state index contributed by atoms with van der Waals surface area (Å²) in [5, 5.41) is 35.3. The van der Waals surface area contributed by atoms with E-state index in [0.29, 0.717) is 65.1 Å². The molecule has 324 valence electrons. The first kappa shape index (κ1) is 39.3. The predicted octanol–water partition coefficient (Wildman–Crippen LogP) is 5.05. The fourth-order valence-electron chi connectivity index (χ4n) is 10.9. The Morgan fingerprint density at radius 1 is 1.03 bits per heavy atom. The Hall–Kier alpha value is -6.56. The molecule has 11 rings (SSSR count). The molecule has 1 spiro atoms. The number of rotatable bonds is 7. The number of halogens is 1. The summed E-state index contributed by atoms with van der Waals surface area (Å²) in [7, 11) is 0. The van der Waals surface area contributed by atoms with Crippen LogP contribution in [0.2, 0.25) is 0 Å². The molecule has 6 heterocycles. The molecule has 4 aliphatic heterocycles. The summed E-state index contributed by atoms with van der Waals surface area (Å²) in [6.45, 7) is 5.95. The SMILES string of the molecule is CCc1cc(C2NNC(=O)N2c2ccc(CN3CC4(CC(OC(=O)NC5CCc6c(C)c(F)cc7nc8c(c5c67)Cn5c-8cc6c(c5=O)COC(=O)C6O)C4)C3)cc2)c(O)cc1O. The van der Waals surface area contributed by atoms with Gasteiger partial charge in [0.1, 0.15) is 36.2 Å². The average Bonchev–Trinajstić information content (AvgIpc) is 3.80. The number of urea groups is 1. The van der Waals surface area contributed by atoms with Crippen LogP contribution in [0.25, 0.3) is 22.3 Å². The highest BCUT2D eigenvalue weighted by Gasteiger charge is 2.54. The first-order chi connectivity index (χ1) is 30.3. The summed E-state index contributed by atoms with van der Waals surface area (Å²) in [6.07, 6.45) is -0.0654. The monoisotopic (exact) mass is 857 g/mol. The van der Waals surface area contributed by atoms with Crippen LogP contribution < -0.4 is 26.6 Å². The highest BCUT2D eigenvalue weighted by molar-refractivity contribution is 5.95. The van der Waals surface area contributed by atoms with E-state index >= 15 is 4.39 Å². The standard InChI is InChI=1S/C46H44FN7O9/c1-3-23-10-28(36(56)13-35(23)55)41-50-51-44(60)54(41)24-6-4-22(5-7-24)16-52-19-46(20-52)14-25(15-46)63-45(61)49-32-9-8-26-21(2)31(47)12-33-37(26)38(32)29-17-53-34(39(29)48-33)11-27-30(42(53)58)18-62-43(59)40(27)57/h4-7,10-13,25,32,40-41,50,55-57H,3,8-9,14-20H2,1-2H3,(H,49,61)(H,51,60). The molecule has 3 fully saturated rings. The predicted molar refractivity (Wildman–Crippen MR) is 224 cm³/mol. The van der Waals surface area contributed by atoms with Crippen molar-refractivity contribution in [3.63, 3.8) is 0 Å². The third-order valence-corrected chi connectivity index (χ3v) is 14.0. The van der Waals surface area contributed by atoms with Crippen molar-refractivity contribution in [3.05, 3.63) is 115 Å². The average molecular weight is 858 g/mol. The number of phenolic OH excluding ortho intramolecular Hbond substituents is 2. The zero-order valence-corrected chi connectivity index (χ0v) is 34.5. The maximum absolute atomic E-state index is 15.3. The quantitative estimate of drug-likeness (QED) is 0.117. The Labute approximate surface area is 359 Å². The van der Waals surface area contributed by atoms with E-state index in [1.165, 1.54) is 21.6 Å². The molecule has 3 unspecified atom stereocenters. The van der Waals surface area contributed by atoms with Crippen molar-refractivity contribution in [2.45, 2.75) is 90.1 Å².